The van der Waals surface area contributed by atoms with E-state index < -0.39 is 0 Å². The highest BCUT2D eigenvalue weighted by molar-refractivity contribution is 5.02. The van der Waals surface area contributed by atoms with E-state index in [9.17, 15) is 0 Å². The summed E-state index contributed by atoms with van der Waals surface area (Å²) in [6.45, 7) is 6.79. The van der Waals surface area contributed by atoms with Crippen LogP contribution in [-0.2, 0) is 0 Å². The van der Waals surface area contributed by atoms with Crippen molar-refractivity contribution in [1.29, 1.82) is 0 Å². The Morgan fingerprint density at radius 2 is 2.00 bits per heavy atom. The molecular formula is C9H17N. The normalized spacial score (nSPS) is 23.2. The van der Waals surface area contributed by atoms with E-state index in [-0.39, 0.29) is 0 Å². The van der Waals surface area contributed by atoms with Crippen LogP contribution < -0.4 is 5.32 Å². The van der Waals surface area contributed by atoms with Gasteiger partial charge >= 0.3 is 0 Å². The van der Waals surface area contributed by atoms with Crippen LogP contribution >= 0.6 is 0 Å². The Hall–Kier alpha value is -0.300. The third-order valence-electron chi connectivity index (χ3n) is 2.44. The SMILES string of the molecule is C/C=C(\C)C1CCNCC1. The highest BCUT2D eigenvalue weighted by atomic mass is 14.9. The lowest BCUT2D eigenvalue weighted by atomic mass is 9.91. The molecule has 0 spiro atoms. The van der Waals surface area contributed by atoms with Gasteiger partial charge in [0.2, 0.25) is 0 Å². The predicted molar refractivity (Wildman–Crippen MR) is 45.0 cm³/mol. The standard InChI is InChI=1S/C9H17N/c1-3-8(2)9-4-6-10-7-5-9/h3,9-10H,4-7H2,1-2H3/b8-3+. The van der Waals surface area contributed by atoms with E-state index in [1.807, 2.05) is 0 Å². The van der Waals surface area contributed by atoms with E-state index >= 15 is 0 Å². The Morgan fingerprint density at radius 1 is 1.40 bits per heavy atom. The van der Waals surface area contributed by atoms with Gasteiger partial charge in [0.1, 0.15) is 0 Å². The van der Waals surface area contributed by atoms with Gasteiger partial charge in [-0.15, -0.1) is 0 Å². The molecule has 0 amide bonds. The first-order chi connectivity index (χ1) is 4.84. The van der Waals surface area contributed by atoms with Crippen LogP contribution in [0.2, 0.25) is 0 Å². The zero-order valence-corrected chi connectivity index (χ0v) is 6.98. The molecule has 58 valence electrons. The molecule has 1 saturated heterocycles. The lowest BCUT2D eigenvalue weighted by Crippen LogP contribution is -2.28. The van der Waals surface area contributed by atoms with Crippen molar-refractivity contribution in [2.45, 2.75) is 26.7 Å². The number of hydrogen-bond acceptors (Lipinski definition) is 1. The van der Waals surface area contributed by atoms with Crippen LogP contribution in [0.1, 0.15) is 26.7 Å². The number of nitrogens with one attached hydrogen (secondary N) is 1. The molecule has 0 aromatic heterocycles. The van der Waals surface area contributed by atoms with Gasteiger partial charge in [-0.1, -0.05) is 11.6 Å². The molecule has 0 aliphatic carbocycles. The third-order valence-corrected chi connectivity index (χ3v) is 2.44. The van der Waals surface area contributed by atoms with E-state index in [0.29, 0.717) is 0 Å². The number of piperidine rings is 1. The van der Waals surface area contributed by atoms with Gasteiger partial charge in [-0.3, -0.25) is 0 Å². The van der Waals surface area contributed by atoms with Crippen molar-refractivity contribution < 1.29 is 0 Å². The molecule has 10 heavy (non-hydrogen) atoms. The van der Waals surface area contributed by atoms with Crippen molar-refractivity contribution >= 4 is 0 Å². The summed E-state index contributed by atoms with van der Waals surface area (Å²) in [5, 5.41) is 3.37. The molecule has 0 radical (unpaired) electrons. The summed E-state index contributed by atoms with van der Waals surface area (Å²) < 4.78 is 0. The van der Waals surface area contributed by atoms with Gasteiger partial charge in [-0.05, 0) is 45.7 Å². The Labute approximate surface area is 63.5 Å². The Kier molecular flexibility index (Phi) is 2.94. The summed E-state index contributed by atoms with van der Waals surface area (Å²) in [4.78, 5) is 0. The van der Waals surface area contributed by atoms with E-state index in [0.717, 1.165) is 5.92 Å². The van der Waals surface area contributed by atoms with Crippen molar-refractivity contribution in [3.8, 4) is 0 Å². The molecule has 1 nitrogen and oxygen atoms in total. The zero-order valence-electron chi connectivity index (χ0n) is 6.98. The maximum absolute atomic E-state index is 3.37. The number of hydrogen-bond donors (Lipinski definition) is 1. The van der Waals surface area contributed by atoms with Gasteiger partial charge < -0.3 is 5.32 Å². The fourth-order valence-electron chi connectivity index (χ4n) is 1.51. The summed E-state index contributed by atoms with van der Waals surface area (Å²) in [6, 6.07) is 0. The van der Waals surface area contributed by atoms with Crippen LogP contribution in [0, 0.1) is 5.92 Å². The predicted octanol–water partition coefficient (Wildman–Crippen LogP) is 1.95. The fraction of sp³-hybridized carbons (Fsp3) is 0.778. The average molecular weight is 139 g/mol. The Bertz CT molecular complexity index is 121. The van der Waals surface area contributed by atoms with Crippen LogP contribution in [0.3, 0.4) is 0 Å². The van der Waals surface area contributed by atoms with Gasteiger partial charge in [-0.2, -0.15) is 0 Å². The van der Waals surface area contributed by atoms with E-state index in [1.165, 1.54) is 25.9 Å². The molecule has 1 heterocycles. The molecule has 0 saturated carbocycles. The van der Waals surface area contributed by atoms with Crippen molar-refractivity contribution in [3.63, 3.8) is 0 Å². The molecule has 0 aromatic carbocycles. The molecule has 0 bridgehead atoms. The second-order valence-corrected chi connectivity index (χ2v) is 3.06. The first-order valence-electron chi connectivity index (χ1n) is 4.18. The zero-order chi connectivity index (χ0) is 7.40. The van der Waals surface area contributed by atoms with Gasteiger partial charge in [0.05, 0.1) is 0 Å². The molecule has 1 fully saturated rings. The highest BCUT2D eigenvalue weighted by Crippen LogP contribution is 2.19. The molecule has 0 unspecified atom stereocenters. The van der Waals surface area contributed by atoms with Crippen LogP contribution in [0.4, 0.5) is 0 Å². The van der Waals surface area contributed by atoms with Gasteiger partial charge in [0.15, 0.2) is 0 Å². The van der Waals surface area contributed by atoms with E-state index in [1.54, 1.807) is 5.57 Å². The lowest BCUT2D eigenvalue weighted by Gasteiger charge is -2.23. The molecular weight excluding hydrogens is 122 g/mol. The quantitative estimate of drug-likeness (QED) is 0.547. The monoisotopic (exact) mass is 139 g/mol. The fourth-order valence-corrected chi connectivity index (χ4v) is 1.51. The third kappa shape index (κ3) is 1.84. The first kappa shape index (κ1) is 7.80. The Balaban J connectivity index is 2.39. The molecule has 1 N–H and O–H groups in total. The van der Waals surface area contributed by atoms with Gasteiger partial charge in [-0.25, -0.2) is 0 Å². The maximum Gasteiger partial charge on any atom is -0.00432 e. The van der Waals surface area contributed by atoms with Crippen LogP contribution in [0.15, 0.2) is 11.6 Å². The summed E-state index contributed by atoms with van der Waals surface area (Å²) >= 11 is 0. The van der Waals surface area contributed by atoms with Crippen molar-refractivity contribution in [1.82, 2.24) is 5.32 Å². The summed E-state index contributed by atoms with van der Waals surface area (Å²) in [5.41, 5.74) is 1.57. The van der Waals surface area contributed by atoms with Crippen LogP contribution in [0.5, 0.6) is 0 Å². The molecule has 1 heteroatoms. The minimum absolute atomic E-state index is 0.867. The van der Waals surface area contributed by atoms with E-state index in [2.05, 4.69) is 25.2 Å². The minimum atomic E-state index is 0.867. The number of rotatable bonds is 1. The largest absolute Gasteiger partial charge is 0.317 e. The van der Waals surface area contributed by atoms with Crippen LogP contribution in [0.25, 0.3) is 0 Å². The molecule has 1 aliphatic heterocycles. The van der Waals surface area contributed by atoms with Gasteiger partial charge in [0.25, 0.3) is 0 Å². The molecule has 0 aromatic rings. The summed E-state index contributed by atoms with van der Waals surface area (Å²) in [5.74, 6) is 0.867. The summed E-state index contributed by atoms with van der Waals surface area (Å²) in [6.07, 6.45) is 4.91. The molecule has 0 atom stereocenters. The Morgan fingerprint density at radius 3 is 2.50 bits per heavy atom. The smallest absolute Gasteiger partial charge is 0.00432 e. The van der Waals surface area contributed by atoms with Crippen molar-refractivity contribution in [2.75, 3.05) is 13.1 Å². The van der Waals surface area contributed by atoms with Crippen LogP contribution in [-0.4, -0.2) is 13.1 Å². The van der Waals surface area contributed by atoms with E-state index in [4.69, 9.17) is 0 Å². The van der Waals surface area contributed by atoms with Gasteiger partial charge in [0, 0.05) is 0 Å². The second-order valence-electron chi connectivity index (χ2n) is 3.06. The average Bonchev–Trinajstić information content (AvgIpc) is 2.05. The topological polar surface area (TPSA) is 12.0 Å². The molecule has 1 aliphatic rings. The first-order valence-corrected chi connectivity index (χ1v) is 4.18. The minimum Gasteiger partial charge on any atom is -0.317 e. The second kappa shape index (κ2) is 3.77. The molecule has 1 rings (SSSR count). The lowest BCUT2D eigenvalue weighted by molar-refractivity contribution is 0.419. The maximum atomic E-state index is 3.37. The number of allylic oxidation sites excluding steroid dienone is 2. The van der Waals surface area contributed by atoms with Crippen molar-refractivity contribution in [3.05, 3.63) is 11.6 Å². The highest BCUT2D eigenvalue weighted by Gasteiger charge is 2.12. The van der Waals surface area contributed by atoms with Crippen molar-refractivity contribution in [2.24, 2.45) is 5.92 Å². The summed E-state index contributed by atoms with van der Waals surface area (Å²) in [7, 11) is 0.